The Balaban J connectivity index is 1.13. The molecule has 4 aromatic rings. The third-order valence-electron chi connectivity index (χ3n) is 8.43. The van der Waals surface area contributed by atoms with E-state index in [2.05, 4.69) is 22.0 Å². The maximum absolute atomic E-state index is 14.7. The summed E-state index contributed by atoms with van der Waals surface area (Å²) in [4.78, 5) is 18.2. The van der Waals surface area contributed by atoms with Gasteiger partial charge in [0.1, 0.15) is 28.6 Å². The predicted molar refractivity (Wildman–Crippen MR) is 142 cm³/mol. The summed E-state index contributed by atoms with van der Waals surface area (Å²) in [6.45, 7) is 2.32. The number of hydrogen-bond acceptors (Lipinski definition) is 7. The average molecular weight is 570 g/mol. The van der Waals surface area contributed by atoms with E-state index < -0.39 is 23.4 Å². The lowest BCUT2D eigenvalue weighted by Crippen LogP contribution is -2.46. The number of carboxylic acid groups (broad SMARTS) is 1. The lowest BCUT2D eigenvalue weighted by Gasteiger charge is -2.39. The van der Waals surface area contributed by atoms with Gasteiger partial charge in [-0.2, -0.15) is 0 Å². The van der Waals surface area contributed by atoms with Gasteiger partial charge in [-0.15, -0.1) is 0 Å². The molecule has 1 saturated carbocycles. The number of carbonyl (C=O) groups is 1. The second-order valence-corrected chi connectivity index (χ2v) is 12.1. The monoisotopic (exact) mass is 569 g/mol. The van der Waals surface area contributed by atoms with Crippen LogP contribution in [0.3, 0.4) is 0 Å². The number of nitrogens with zero attached hydrogens (tertiary/aromatic N) is 3. The SMILES string of the molecule is C[C@@H]1CC2CC(OCc3c(-c4c(F)cccc4F)noc3C3CC3)CC1N2c1nc2c(F)cc(C(=O)O)cc2s1. The van der Waals surface area contributed by atoms with Crippen molar-refractivity contribution in [3.05, 3.63) is 64.7 Å². The summed E-state index contributed by atoms with van der Waals surface area (Å²) in [6, 6.07) is 6.44. The number of rotatable bonds is 7. The van der Waals surface area contributed by atoms with Crippen molar-refractivity contribution in [2.24, 2.45) is 5.92 Å². The first-order chi connectivity index (χ1) is 19.3. The molecule has 2 aromatic heterocycles. The standard InChI is InChI=1S/C29H26F3N3O4S/c1-13-7-16-10-17(11-22(13)35(16)29-33-26-21(32)8-15(28(36)37)9-23(26)40-29)38-12-18-25(34-39-27(18)14-5-6-14)24-19(30)3-2-4-20(24)31/h2-4,8-9,13-14,16-17,22H,5-7,10-12H2,1H3,(H,36,37)/t13-,16?,17?,22?/m1/s1. The van der Waals surface area contributed by atoms with E-state index >= 15 is 0 Å². The Hall–Kier alpha value is -3.44. The van der Waals surface area contributed by atoms with Crippen molar-refractivity contribution >= 4 is 32.7 Å². The predicted octanol–water partition coefficient (Wildman–Crippen LogP) is 6.91. The van der Waals surface area contributed by atoms with Crippen molar-refractivity contribution in [1.82, 2.24) is 10.1 Å². The van der Waals surface area contributed by atoms with Crippen LogP contribution >= 0.6 is 11.3 Å². The Labute approximate surface area is 231 Å². The van der Waals surface area contributed by atoms with Crippen LogP contribution in [0, 0.1) is 23.4 Å². The van der Waals surface area contributed by atoms with Gasteiger partial charge < -0.3 is 19.3 Å². The molecule has 4 heterocycles. The zero-order valence-electron chi connectivity index (χ0n) is 21.6. The van der Waals surface area contributed by atoms with Gasteiger partial charge in [0.2, 0.25) is 0 Å². The lowest BCUT2D eigenvalue weighted by molar-refractivity contribution is 0.0136. The second-order valence-electron chi connectivity index (χ2n) is 11.1. The van der Waals surface area contributed by atoms with E-state index in [-0.39, 0.29) is 53.0 Å². The number of aromatic carboxylic acids is 1. The first-order valence-electron chi connectivity index (χ1n) is 13.4. The summed E-state index contributed by atoms with van der Waals surface area (Å²) in [6.07, 6.45) is 4.14. The topological polar surface area (TPSA) is 88.7 Å². The van der Waals surface area contributed by atoms with Crippen molar-refractivity contribution in [2.45, 2.75) is 69.7 Å². The molecule has 2 aromatic carbocycles. The summed E-state index contributed by atoms with van der Waals surface area (Å²) >= 11 is 1.31. The highest BCUT2D eigenvalue weighted by Gasteiger charge is 2.47. The van der Waals surface area contributed by atoms with Crippen molar-refractivity contribution in [1.29, 1.82) is 0 Å². The van der Waals surface area contributed by atoms with E-state index in [1.165, 1.54) is 35.6 Å². The molecule has 3 fully saturated rings. The fourth-order valence-electron chi connectivity index (χ4n) is 6.36. The van der Waals surface area contributed by atoms with Crippen molar-refractivity contribution in [3.8, 4) is 11.3 Å². The molecule has 208 valence electrons. The summed E-state index contributed by atoms with van der Waals surface area (Å²) in [7, 11) is 0. The fourth-order valence-corrected chi connectivity index (χ4v) is 7.51. The number of ether oxygens (including phenoxy) is 1. The van der Waals surface area contributed by atoms with Crippen LogP contribution < -0.4 is 4.90 Å². The minimum atomic E-state index is -1.18. The zero-order valence-corrected chi connectivity index (χ0v) is 22.4. The maximum Gasteiger partial charge on any atom is 0.335 e. The van der Waals surface area contributed by atoms with Crippen molar-refractivity contribution in [2.75, 3.05) is 4.90 Å². The molecule has 2 saturated heterocycles. The number of halogens is 3. The molecule has 7 nitrogen and oxygen atoms in total. The highest BCUT2D eigenvalue weighted by molar-refractivity contribution is 7.22. The molecule has 4 atom stereocenters. The minimum absolute atomic E-state index is 0.0961. The van der Waals surface area contributed by atoms with E-state index in [0.717, 1.165) is 25.3 Å². The third-order valence-corrected chi connectivity index (χ3v) is 9.44. The number of anilines is 1. The van der Waals surface area contributed by atoms with Crippen LogP contribution in [-0.4, -0.2) is 39.4 Å². The number of benzene rings is 2. The molecule has 2 aliphatic heterocycles. The van der Waals surface area contributed by atoms with Crippen LogP contribution in [0.1, 0.15) is 66.6 Å². The summed E-state index contributed by atoms with van der Waals surface area (Å²) in [5.41, 5.74) is 0.643. The van der Waals surface area contributed by atoms with Gasteiger partial charge in [0.15, 0.2) is 10.9 Å². The molecule has 1 aliphatic carbocycles. The van der Waals surface area contributed by atoms with Gasteiger partial charge in [-0.1, -0.05) is 29.5 Å². The van der Waals surface area contributed by atoms with Gasteiger partial charge in [0.05, 0.1) is 28.5 Å². The highest BCUT2D eigenvalue weighted by Crippen LogP contribution is 2.47. The van der Waals surface area contributed by atoms with Gasteiger partial charge in [0.25, 0.3) is 0 Å². The summed E-state index contributed by atoms with van der Waals surface area (Å²) in [5, 5.41) is 14.1. The molecular weight excluding hydrogens is 543 g/mol. The first kappa shape index (κ1) is 25.5. The highest BCUT2D eigenvalue weighted by atomic mass is 32.1. The van der Waals surface area contributed by atoms with Crippen LogP contribution in [0.5, 0.6) is 0 Å². The van der Waals surface area contributed by atoms with Crippen LogP contribution in [0.25, 0.3) is 21.5 Å². The molecule has 7 rings (SSSR count). The molecule has 2 bridgehead atoms. The number of hydrogen-bond donors (Lipinski definition) is 1. The minimum Gasteiger partial charge on any atom is -0.478 e. The van der Waals surface area contributed by atoms with Gasteiger partial charge in [-0.25, -0.2) is 22.9 Å². The van der Waals surface area contributed by atoms with Gasteiger partial charge >= 0.3 is 5.97 Å². The Morgan fingerprint density at radius 2 is 1.93 bits per heavy atom. The maximum atomic E-state index is 14.7. The first-order valence-corrected chi connectivity index (χ1v) is 14.3. The lowest BCUT2D eigenvalue weighted by atomic mass is 9.97. The number of fused-ring (bicyclic) bond motifs is 3. The van der Waals surface area contributed by atoms with Crippen LogP contribution in [0.4, 0.5) is 18.3 Å². The second kappa shape index (κ2) is 9.59. The van der Waals surface area contributed by atoms with E-state index in [9.17, 15) is 23.1 Å². The van der Waals surface area contributed by atoms with Gasteiger partial charge in [-0.05, 0) is 62.3 Å². The molecule has 3 aliphatic rings. The number of aromatic nitrogens is 2. The summed E-state index contributed by atoms with van der Waals surface area (Å²) < 4.78 is 56.4. The molecule has 11 heteroatoms. The quantitative estimate of drug-likeness (QED) is 0.259. The van der Waals surface area contributed by atoms with E-state index in [0.29, 0.717) is 39.9 Å². The van der Waals surface area contributed by atoms with E-state index in [4.69, 9.17) is 9.26 Å². The van der Waals surface area contributed by atoms with Gasteiger partial charge in [-0.3, -0.25) is 0 Å². The number of carboxylic acids is 1. The molecule has 1 N–H and O–H groups in total. The number of piperidine rings is 1. The van der Waals surface area contributed by atoms with Gasteiger partial charge in [0, 0.05) is 23.6 Å². The van der Waals surface area contributed by atoms with Crippen molar-refractivity contribution < 1.29 is 32.3 Å². The largest absolute Gasteiger partial charge is 0.478 e. The van der Waals surface area contributed by atoms with E-state index in [1.807, 2.05) is 0 Å². The fraction of sp³-hybridized carbons (Fsp3) is 0.414. The molecule has 3 unspecified atom stereocenters. The Morgan fingerprint density at radius 1 is 1.15 bits per heavy atom. The van der Waals surface area contributed by atoms with Crippen LogP contribution in [-0.2, 0) is 11.3 Å². The number of thiazole rings is 1. The van der Waals surface area contributed by atoms with Crippen LogP contribution in [0.2, 0.25) is 0 Å². The Bertz CT molecular complexity index is 1610. The normalized spacial score (nSPS) is 24.2. The molecule has 0 radical (unpaired) electrons. The molecule has 0 amide bonds. The summed E-state index contributed by atoms with van der Waals surface area (Å²) in [5.74, 6) is -2.03. The zero-order chi connectivity index (χ0) is 27.7. The Morgan fingerprint density at radius 3 is 2.62 bits per heavy atom. The Kier molecular flexibility index (Phi) is 6.12. The van der Waals surface area contributed by atoms with Crippen molar-refractivity contribution in [3.63, 3.8) is 0 Å². The molecule has 40 heavy (non-hydrogen) atoms. The smallest absolute Gasteiger partial charge is 0.335 e. The average Bonchev–Trinajstić information content (AvgIpc) is 3.47. The third kappa shape index (κ3) is 4.26. The van der Waals surface area contributed by atoms with Crippen LogP contribution in [0.15, 0.2) is 34.9 Å². The van der Waals surface area contributed by atoms with E-state index in [1.54, 1.807) is 0 Å². The molecular formula is C29H26F3N3O4S. The molecule has 0 spiro atoms.